The second-order valence-electron chi connectivity index (χ2n) is 7.02. The van der Waals surface area contributed by atoms with Gasteiger partial charge in [-0.25, -0.2) is 13.1 Å². The molecule has 9 heteroatoms. The van der Waals surface area contributed by atoms with Crippen molar-refractivity contribution in [3.8, 4) is 17.2 Å². The Morgan fingerprint density at radius 2 is 1.69 bits per heavy atom. The Kier molecular flexibility index (Phi) is 7.74. The molecule has 32 heavy (non-hydrogen) atoms. The quantitative estimate of drug-likeness (QED) is 0.466. The highest BCUT2D eigenvalue weighted by Gasteiger charge is 2.21. The van der Waals surface area contributed by atoms with Crippen molar-refractivity contribution in [3.05, 3.63) is 83.4 Å². The Morgan fingerprint density at radius 3 is 2.31 bits per heavy atom. The Bertz CT molecular complexity index is 1170. The van der Waals surface area contributed by atoms with E-state index in [0.717, 1.165) is 6.26 Å². The molecule has 1 unspecified atom stereocenters. The van der Waals surface area contributed by atoms with Crippen LogP contribution in [0.15, 0.2) is 72.8 Å². The molecule has 0 saturated heterocycles. The minimum atomic E-state index is -3.57. The number of anilines is 1. The number of sulfonamides is 1. The van der Waals surface area contributed by atoms with E-state index in [4.69, 9.17) is 21.1 Å². The third kappa shape index (κ3) is 6.98. The lowest BCUT2D eigenvalue weighted by atomic mass is 10.0. The molecule has 1 amide bonds. The summed E-state index contributed by atoms with van der Waals surface area (Å²) in [5.74, 6) is 1.21. The molecule has 1 atom stereocenters. The number of carbonyl (C=O) groups excluding carboxylic acids is 1. The van der Waals surface area contributed by atoms with Gasteiger partial charge < -0.3 is 14.8 Å². The number of ether oxygens (including phenoxy) is 2. The molecule has 3 rings (SSSR count). The number of hydrogen-bond donors (Lipinski definition) is 2. The van der Waals surface area contributed by atoms with Gasteiger partial charge in [-0.3, -0.25) is 4.79 Å². The van der Waals surface area contributed by atoms with Gasteiger partial charge in [0.15, 0.2) is 5.75 Å². The van der Waals surface area contributed by atoms with Gasteiger partial charge in [0.2, 0.25) is 15.9 Å². The van der Waals surface area contributed by atoms with Crippen LogP contribution in [0.5, 0.6) is 17.2 Å². The number of hydrogen-bond acceptors (Lipinski definition) is 5. The van der Waals surface area contributed by atoms with Gasteiger partial charge in [0.25, 0.3) is 0 Å². The molecule has 0 aliphatic heterocycles. The smallest absolute Gasteiger partial charge is 0.226 e. The van der Waals surface area contributed by atoms with Crippen LogP contribution >= 0.6 is 11.6 Å². The molecule has 7 nitrogen and oxygen atoms in total. The minimum absolute atomic E-state index is 0.142. The zero-order chi connectivity index (χ0) is 23.1. The number of para-hydroxylation sites is 1. The Morgan fingerprint density at radius 1 is 1.00 bits per heavy atom. The fourth-order valence-corrected chi connectivity index (χ4v) is 3.92. The first-order chi connectivity index (χ1) is 15.2. The largest absolute Gasteiger partial charge is 0.497 e. The van der Waals surface area contributed by atoms with E-state index in [-0.39, 0.29) is 6.42 Å². The average molecular weight is 475 g/mol. The third-order valence-corrected chi connectivity index (χ3v) is 5.40. The zero-order valence-corrected chi connectivity index (χ0v) is 19.1. The van der Waals surface area contributed by atoms with E-state index >= 15 is 0 Å². The first-order valence-electron chi connectivity index (χ1n) is 9.67. The summed E-state index contributed by atoms with van der Waals surface area (Å²) in [5, 5.41) is 3.19. The number of amides is 1. The predicted molar refractivity (Wildman–Crippen MR) is 125 cm³/mol. The number of methoxy groups -OCH3 is 1. The summed E-state index contributed by atoms with van der Waals surface area (Å²) >= 11 is 6.11. The van der Waals surface area contributed by atoms with Gasteiger partial charge in [-0.15, -0.1) is 0 Å². The monoisotopic (exact) mass is 474 g/mol. The normalized spacial score (nSPS) is 12.1. The summed E-state index contributed by atoms with van der Waals surface area (Å²) in [6.45, 7) is 0. The highest BCUT2D eigenvalue weighted by Crippen LogP contribution is 2.32. The first kappa shape index (κ1) is 23.6. The topological polar surface area (TPSA) is 93.7 Å². The van der Waals surface area contributed by atoms with E-state index < -0.39 is 22.0 Å². The van der Waals surface area contributed by atoms with Gasteiger partial charge in [0.05, 0.1) is 25.1 Å². The standard InChI is InChI=1S/C23H23ClN2O5S/c1-30-18-11-8-16(9-12-18)20(26-32(2,28)29)15-23(27)25-21-14-17(24)10-13-22(21)31-19-6-4-3-5-7-19/h3-14,20,26H,15H2,1-2H3,(H,25,27). The maximum Gasteiger partial charge on any atom is 0.226 e. The summed E-state index contributed by atoms with van der Waals surface area (Å²) < 4.78 is 37.3. The van der Waals surface area contributed by atoms with E-state index in [1.54, 1.807) is 54.6 Å². The molecule has 168 valence electrons. The van der Waals surface area contributed by atoms with Crippen molar-refractivity contribution in [2.75, 3.05) is 18.7 Å². The fourth-order valence-electron chi connectivity index (χ4n) is 3.01. The number of carbonyl (C=O) groups is 1. The summed E-state index contributed by atoms with van der Waals surface area (Å²) in [6, 6.07) is 20.0. The van der Waals surface area contributed by atoms with Gasteiger partial charge in [0, 0.05) is 11.4 Å². The lowest BCUT2D eigenvalue weighted by Crippen LogP contribution is -2.30. The Balaban J connectivity index is 1.80. The molecule has 2 N–H and O–H groups in total. The van der Waals surface area contributed by atoms with E-state index in [1.807, 2.05) is 18.2 Å². The first-order valence-corrected chi connectivity index (χ1v) is 11.9. The van der Waals surface area contributed by atoms with Crippen molar-refractivity contribution in [2.24, 2.45) is 0 Å². The fraction of sp³-hybridized carbons (Fsp3) is 0.174. The van der Waals surface area contributed by atoms with Crippen LogP contribution in [-0.4, -0.2) is 27.7 Å². The molecule has 0 heterocycles. The van der Waals surface area contributed by atoms with E-state index in [1.165, 1.54) is 7.11 Å². The Labute approximate surface area is 192 Å². The molecule has 0 aromatic heterocycles. The van der Waals surface area contributed by atoms with Crippen LogP contribution in [0.4, 0.5) is 5.69 Å². The van der Waals surface area contributed by atoms with Gasteiger partial charge in [-0.05, 0) is 48.0 Å². The molecule has 0 fully saturated rings. The van der Waals surface area contributed by atoms with Crippen molar-refractivity contribution < 1.29 is 22.7 Å². The summed E-state index contributed by atoms with van der Waals surface area (Å²) in [4.78, 5) is 12.9. The number of rotatable bonds is 9. The van der Waals surface area contributed by atoms with Gasteiger partial charge in [-0.1, -0.05) is 41.9 Å². The van der Waals surface area contributed by atoms with Crippen LogP contribution in [0.1, 0.15) is 18.0 Å². The second-order valence-corrected chi connectivity index (χ2v) is 9.24. The van der Waals surface area contributed by atoms with Crippen molar-refractivity contribution in [2.45, 2.75) is 12.5 Å². The number of nitrogens with one attached hydrogen (secondary N) is 2. The van der Waals surface area contributed by atoms with Crippen molar-refractivity contribution >= 4 is 33.2 Å². The maximum atomic E-state index is 12.9. The lowest BCUT2D eigenvalue weighted by molar-refractivity contribution is -0.116. The van der Waals surface area contributed by atoms with Crippen LogP contribution in [0, 0.1) is 0 Å². The van der Waals surface area contributed by atoms with Gasteiger partial charge >= 0.3 is 0 Å². The summed E-state index contributed by atoms with van der Waals surface area (Å²) in [7, 11) is -2.03. The molecule has 0 saturated carbocycles. The molecule has 0 aliphatic carbocycles. The second kappa shape index (κ2) is 10.5. The van der Waals surface area contributed by atoms with Crippen LogP contribution < -0.4 is 19.5 Å². The Hall–Kier alpha value is -3.07. The molecule has 0 bridgehead atoms. The zero-order valence-electron chi connectivity index (χ0n) is 17.5. The van der Waals surface area contributed by atoms with Crippen molar-refractivity contribution in [1.82, 2.24) is 4.72 Å². The maximum absolute atomic E-state index is 12.9. The molecular formula is C23H23ClN2O5S. The minimum Gasteiger partial charge on any atom is -0.497 e. The molecule has 0 spiro atoms. The molecule has 3 aromatic rings. The average Bonchev–Trinajstić information content (AvgIpc) is 2.75. The molecule has 0 radical (unpaired) electrons. The van der Waals surface area contributed by atoms with Crippen LogP contribution in [0.3, 0.4) is 0 Å². The van der Waals surface area contributed by atoms with Gasteiger partial charge in [-0.2, -0.15) is 0 Å². The van der Waals surface area contributed by atoms with Crippen LogP contribution in [0.25, 0.3) is 0 Å². The SMILES string of the molecule is COc1ccc(C(CC(=O)Nc2cc(Cl)ccc2Oc2ccccc2)NS(C)(=O)=O)cc1. The molecule has 3 aromatic carbocycles. The predicted octanol–water partition coefficient (Wildman–Crippen LogP) is 4.76. The number of benzene rings is 3. The van der Waals surface area contributed by atoms with Crippen LogP contribution in [0.2, 0.25) is 5.02 Å². The summed E-state index contributed by atoms with van der Waals surface area (Å²) in [5.41, 5.74) is 0.998. The summed E-state index contributed by atoms with van der Waals surface area (Å²) in [6.07, 6.45) is 0.904. The van der Waals surface area contributed by atoms with Crippen LogP contribution in [-0.2, 0) is 14.8 Å². The third-order valence-electron chi connectivity index (χ3n) is 4.45. The van der Waals surface area contributed by atoms with Gasteiger partial charge in [0.1, 0.15) is 11.5 Å². The van der Waals surface area contributed by atoms with E-state index in [2.05, 4.69) is 10.0 Å². The highest BCUT2D eigenvalue weighted by molar-refractivity contribution is 7.88. The highest BCUT2D eigenvalue weighted by atomic mass is 35.5. The number of halogens is 1. The van der Waals surface area contributed by atoms with E-state index in [0.29, 0.717) is 33.5 Å². The molecular weight excluding hydrogens is 452 g/mol. The molecule has 0 aliphatic rings. The van der Waals surface area contributed by atoms with Crippen molar-refractivity contribution in [3.63, 3.8) is 0 Å². The lowest BCUT2D eigenvalue weighted by Gasteiger charge is -2.19. The van der Waals surface area contributed by atoms with E-state index in [9.17, 15) is 13.2 Å². The van der Waals surface area contributed by atoms with Crippen molar-refractivity contribution in [1.29, 1.82) is 0 Å².